The second kappa shape index (κ2) is 6.17. The molecule has 0 aliphatic rings. The molecule has 0 amide bonds. The molecular weight excluding hydrogens is 251 g/mol. The number of rotatable bonds is 4. The molecular formula is C10H16BrFO2. The van der Waals surface area contributed by atoms with Gasteiger partial charge in [-0.05, 0) is 32.8 Å². The van der Waals surface area contributed by atoms with Crippen LogP contribution in [-0.4, -0.2) is 16.9 Å². The molecule has 0 rings (SSSR count). The third-order valence-electron chi connectivity index (χ3n) is 1.40. The maximum absolute atomic E-state index is 12.1. The molecule has 0 aliphatic heterocycles. The molecule has 0 radical (unpaired) electrons. The van der Waals surface area contributed by atoms with Crippen LogP contribution >= 0.6 is 15.9 Å². The molecule has 0 N–H and O–H groups in total. The predicted octanol–water partition coefficient (Wildman–Crippen LogP) is 3.36. The minimum absolute atomic E-state index is 0.221. The standard InChI is InChI=1S/C10H16BrFO2/c1-10(2,3)14-9(13)5-4-8(6-11)7-12/h7H,4-6H2,1-3H3/b8-7+. The molecule has 0 atom stereocenters. The first-order valence-corrected chi connectivity index (χ1v) is 5.57. The van der Waals surface area contributed by atoms with Crippen LogP contribution in [0.25, 0.3) is 0 Å². The molecule has 82 valence electrons. The van der Waals surface area contributed by atoms with E-state index in [1.54, 1.807) is 20.8 Å². The van der Waals surface area contributed by atoms with Crippen molar-refractivity contribution in [3.05, 3.63) is 11.9 Å². The predicted molar refractivity (Wildman–Crippen MR) is 58.1 cm³/mol. The third-order valence-corrected chi connectivity index (χ3v) is 2.12. The van der Waals surface area contributed by atoms with E-state index in [9.17, 15) is 9.18 Å². The second-order valence-electron chi connectivity index (χ2n) is 3.99. The number of esters is 1. The van der Waals surface area contributed by atoms with Gasteiger partial charge < -0.3 is 4.74 Å². The zero-order chi connectivity index (χ0) is 11.2. The summed E-state index contributed by atoms with van der Waals surface area (Å²) in [5.41, 5.74) is 0.0984. The van der Waals surface area contributed by atoms with Gasteiger partial charge in [-0.25, -0.2) is 4.39 Å². The summed E-state index contributed by atoms with van der Waals surface area (Å²) in [5.74, 6) is -0.294. The SMILES string of the molecule is CC(C)(C)OC(=O)CC/C(=C\F)CBr. The number of halogens is 2. The highest BCUT2D eigenvalue weighted by Crippen LogP contribution is 2.13. The van der Waals surface area contributed by atoms with E-state index in [1.807, 2.05) is 0 Å². The van der Waals surface area contributed by atoms with Crippen LogP contribution in [0.15, 0.2) is 11.9 Å². The van der Waals surface area contributed by atoms with Crippen LogP contribution in [0.3, 0.4) is 0 Å². The smallest absolute Gasteiger partial charge is 0.306 e. The largest absolute Gasteiger partial charge is 0.460 e. The zero-order valence-electron chi connectivity index (χ0n) is 8.77. The van der Waals surface area contributed by atoms with E-state index in [2.05, 4.69) is 15.9 Å². The second-order valence-corrected chi connectivity index (χ2v) is 4.55. The Morgan fingerprint density at radius 2 is 2.00 bits per heavy atom. The lowest BCUT2D eigenvalue weighted by atomic mass is 10.1. The van der Waals surface area contributed by atoms with Crippen molar-refractivity contribution >= 4 is 21.9 Å². The van der Waals surface area contributed by atoms with Crippen LogP contribution in [0.5, 0.6) is 0 Å². The Balaban J connectivity index is 3.86. The van der Waals surface area contributed by atoms with E-state index >= 15 is 0 Å². The number of alkyl halides is 1. The fraction of sp³-hybridized carbons (Fsp3) is 0.700. The van der Waals surface area contributed by atoms with Gasteiger partial charge in [0, 0.05) is 11.8 Å². The van der Waals surface area contributed by atoms with Gasteiger partial charge in [0.25, 0.3) is 0 Å². The van der Waals surface area contributed by atoms with Crippen LogP contribution in [0.4, 0.5) is 4.39 Å². The molecule has 0 aliphatic carbocycles. The number of hydrogen-bond acceptors (Lipinski definition) is 2. The van der Waals surface area contributed by atoms with Crippen LogP contribution in [-0.2, 0) is 9.53 Å². The molecule has 4 heteroatoms. The Morgan fingerprint density at radius 1 is 1.43 bits per heavy atom. The Hall–Kier alpha value is -0.380. The highest BCUT2D eigenvalue weighted by atomic mass is 79.9. The molecule has 0 fully saturated rings. The van der Waals surface area contributed by atoms with Crippen LogP contribution < -0.4 is 0 Å². The Labute approximate surface area is 92.6 Å². The first-order chi connectivity index (χ1) is 6.39. The quantitative estimate of drug-likeness (QED) is 0.576. The van der Waals surface area contributed by atoms with Gasteiger partial charge in [0.15, 0.2) is 0 Å². The van der Waals surface area contributed by atoms with E-state index in [-0.39, 0.29) is 12.4 Å². The molecule has 0 bridgehead atoms. The van der Waals surface area contributed by atoms with Crippen molar-refractivity contribution in [1.29, 1.82) is 0 Å². The van der Waals surface area contributed by atoms with Gasteiger partial charge in [-0.3, -0.25) is 4.79 Å². The van der Waals surface area contributed by atoms with E-state index in [0.717, 1.165) is 0 Å². The summed E-state index contributed by atoms with van der Waals surface area (Å²) < 4.78 is 17.2. The molecule has 2 nitrogen and oxygen atoms in total. The Kier molecular flexibility index (Phi) is 6.00. The van der Waals surface area contributed by atoms with E-state index in [4.69, 9.17) is 4.74 Å². The summed E-state index contributed by atoms with van der Waals surface area (Å²) in [6.07, 6.45) is 1.15. The summed E-state index contributed by atoms with van der Waals surface area (Å²) in [7, 11) is 0. The highest BCUT2D eigenvalue weighted by Gasteiger charge is 2.15. The lowest BCUT2D eigenvalue weighted by Crippen LogP contribution is -2.23. The Bertz CT molecular complexity index is 219. The summed E-state index contributed by atoms with van der Waals surface area (Å²) in [6.45, 7) is 5.42. The van der Waals surface area contributed by atoms with Crippen molar-refractivity contribution in [3.63, 3.8) is 0 Å². The van der Waals surface area contributed by atoms with Crippen molar-refractivity contribution in [2.24, 2.45) is 0 Å². The van der Waals surface area contributed by atoms with Crippen LogP contribution in [0.1, 0.15) is 33.6 Å². The van der Waals surface area contributed by atoms with Gasteiger partial charge in [-0.1, -0.05) is 15.9 Å². The zero-order valence-corrected chi connectivity index (χ0v) is 10.4. The lowest BCUT2D eigenvalue weighted by Gasteiger charge is -2.19. The van der Waals surface area contributed by atoms with Crippen molar-refractivity contribution < 1.29 is 13.9 Å². The van der Waals surface area contributed by atoms with Crippen molar-refractivity contribution in [3.8, 4) is 0 Å². The number of hydrogen-bond donors (Lipinski definition) is 0. The monoisotopic (exact) mass is 266 g/mol. The topological polar surface area (TPSA) is 26.3 Å². The molecule has 14 heavy (non-hydrogen) atoms. The van der Waals surface area contributed by atoms with Crippen molar-refractivity contribution in [2.75, 3.05) is 5.33 Å². The molecule has 0 aromatic heterocycles. The van der Waals surface area contributed by atoms with Gasteiger partial charge >= 0.3 is 5.97 Å². The Morgan fingerprint density at radius 3 is 2.36 bits per heavy atom. The molecule has 0 aromatic rings. The van der Waals surface area contributed by atoms with Gasteiger partial charge in [-0.2, -0.15) is 0 Å². The van der Waals surface area contributed by atoms with Gasteiger partial charge in [0.2, 0.25) is 0 Å². The number of ether oxygens (including phenoxy) is 1. The third kappa shape index (κ3) is 7.06. The molecule has 0 aromatic carbocycles. The maximum atomic E-state index is 12.1. The minimum Gasteiger partial charge on any atom is -0.460 e. The first-order valence-electron chi connectivity index (χ1n) is 4.45. The number of allylic oxidation sites excluding steroid dienone is 1. The van der Waals surface area contributed by atoms with Crippen molar-refractivity contribution in [2.45, 2.75) is 39.2 Å². The van der Waals surface area contributed by atoms with Gasteiger partial charge in [0.05, 0.1) is 6.33 Å². The number of carbonyl (C=O) groups is 1. The fourth-order valence-electron chi connectivity index (χ4n) is 0.806. The summed E-state index contributed by atoms with van der Waals surface area (Å²) >= 11 is 3.13. The first kappa shape index (κ1) is 13.6. The van der Waals surface area contributed by atoms with Crippen molar-refractivity contribution in [1.82, 2.24) is 0 Å². The summed E-state index contributed by atoms with van der Waals surface area (Å²) in [6, 6.07) is 0. The normalized spacial score (nSPS) is 12.8. The number of carbonyl (C=O) groups excluding carboxylic acids is 1. The highest BCUT2D eigenvalue weighted by molar-refractivity contribution is 9.09. The molecule has 0 heterocycles. The molecule has 0 spiro atoms. The van der Waals surface area contributed by atoms with E-state index in [0.29, 0.717) is 23.7 Å². The molecule has 0 unspecified atom stereocenters. The van der Waals surface area contributed by atoms with Crippen LogP contribution in [0.2, 0.25) is 0 Å². The fourth-order valence-corrected chi connectivity index (χ4v) is 1.21. The molecule has 0 saturated carbocycles. The summed E-state index contributed by atoms with van der Waals surface area (Å²) in [4.78, 5) is 11.2. The summed E-state index contributed by atoms with van der Waals surface area (Å²) in [5, 5.41) is 0.451. The van der Waals surface area contributed by atoms with Crippen LogP contribution in [0, 0.1) is 0 Å². The average Bonchev–Trinajstić information content (AvgIpc) is 2.03. The van der Waals surface area contributed by atoms with E-state index in [1.165, 1.54) is 0 Å². The van der Waals surface area contributed by atoms with E-state index < -0.39 is 5.60 Å². The van der Waals surface area contributed by atoms with Gasteiger partial charge in [-0.15, -0.1) is 0 Å². The van der Waals surface area contributed by atoms with Gasteiger partial charge in [0.1, 0.15) is 5.60 Å². The minimum atomic E-state index is -0.467. The average molecular weight is 267 g/mol. The lowest BCUT2D eigenvalue weighted by molar-refractivity contribution is -0.154. The molecule has 0 saturated heterocycles. The maximum Gasteiger partial charge on any atom is 0.306 e.